The number of nitrogens with zero attached hydrogens (tertiary/aromatic N) is 2. The maximum atomic E-state index is 13.2. The van der Waals surface area contributed by atoms with Crippen molar-refractivity contribution >= 4 is 27.5 Å². The van der Waals surface area contributed by atoms with E-state index >= 15 is 0 Å². The molecule has 202 valence electrons. The Hall–Kier alpha value is -2.21. The molecule has 4 rings (SSSR count). The standard InChI is InChI=1S/C26H34ClN3O6S/c1-29-15-22(31)14-28-37(33,34)24-8-5-20(19-3-6-21(27)7-4-19)13-23(24)36-18-26(17-29)9-11-30(12-10-26)25(32)16-35-2/h3-8,13,22,28,31H,9-12,14-18H2,1-2H3. The lowest BCUT2D eigenvalue weighted by Crippen LogP contribution is -2.52. The van der Waals surface area contributed by atoms with Crippen LogP contribution in [0.25, 0.3) is 11.1 Å². The van der Waals surface area contributed by atoms with Crippen LogP contribution in [-0.2, 0) is 19.6 Å². The quantitative estimate of drug-likeness (QED) is 0.602. The fourth-order valence-electron chi connectivity index (χ4n) is 5.03. The first-order chi connectivity index (χ1) is 17.6. The Labute approximate surface area is 223 Å². The van der Waals surface area contributed by atoms with Crippen molar-refractivity contribution in [1.29, 1.82) is 0 Å². The number of β-amino-alcohol motifs (C(OH)–C–C–N with tert-alkyl or cyclic N) is 1. The molecule has 1 atom stereocenters. The number of hydrogen-bond acceptors (Lipinski definition) is 7. The van der Waals surface area contributed by atoms with E-state index in [1.165, 1.54) is 13.2 Å². The van der Waals surface area contributed by atoms with Crippen molar-refractivity contribution in [2.45, 2.75) is 23.8 Å². The number of piperidine rings is 1. The number of fused-ring (bicyclic) bond motifs is 1. The molecule has 1 amide bonds. The van der Waals surface area contributed by atoms with Crippen LogP contribution in [-0.4, -0.2) is 95.4 Å². The average molecular weight is 552 g/mol. The molecule has 2 aromatic carbocycles. The summed E-state index contributed by atoms with van der Waals surface area (Å²) in [5.41, 5.74) is 1.34. The first-order valence-corrected chi connectivity index (χ1v) is 14.1. The highest BCUT2D eigenvalue weighted by molar-refractivity contribution is 7.89. The number of carbonyl (C=O) groups is 1. The third-order valence-corrected chi connectivity index (χ3v) is 8.74. The highest BCUT2D eigenvalue weighted by atomic mass is 35.5. The van der Waals surface area contributed by atoms with Gasteiger partial charge in [-0.2, -0.15) is 0 Å². The molecule has 1 unspecified atom stereocenters. The van der Waals surface area contributed by atoms with Gasteiger partial charge < -0.3 is 24.4 Å². The van der Waals surface area contributed by atoms with Crippen LogP contribution in [0.5, 0.6) is 5.75 Å². The van der Waals surface area contributed by atoms with Gasteiger partial charge in [0.1, 0.15) is 17.3 Å². The summed E-state index contributed by atoms with van der Waals surface area (Å²) < 4.78 is 40.2. The first kappa shape index (κ1) is 27.8. The van der Waals surface area contributed by atoms with Crippen molar-refractivity contribution in [1.82, 2.24) is 14.5 Å². The molecule has 2 N–H and O–H groups in total. The van der Waals surface area contributed by atoms with Gasteiger partial charge in [0.2, 0.25) is 15.9 Å². The van der Waals surface area contributed by atoms with Crippen LogP contribution in [0.3, 0.4) is 0 Å². The van der Waals surface area contributed by atoms with E-state index in [2.05, 4.69) is 4.72 Å². The van der Waals surface area contributed by atoms with Crippen molar-refractivity contribution in [2.24, 2.45) is 5.41 Å². The maximum Gasteiger partial charge on any atom is 0.248 e. The van der Waals surface area contributed by atoms with Gasteiger partial charge in [0.25, 0.3) is 0 Å². The zero-order chi connectivity index (χ0) is 26.6. The van der Waals surface area contributed by atoms with Gasteiger partial charge in [-0.3, -0.25) is 4.79 Å². The third-order valence-electron chi connectivity index (χ3n) is 7.03. The van der Waals surface area contributed by atoms with Crippen molar-refractivity contribution in [2.75, 3.05) is 60.1 Å². The number of hydrogen-bond donors (Lipinski definition) is 2. The molecule has 0 bridgehead atoms. The summed E-state index contributed by atoms with van der Waals surface area (Å²) in [6, 6.07) is 12.3. The fraction of sp³-hybridized carbons (Fsp3) is 0.500. The molecule has 2 aliphatic heterocycles. The zero-order valence-corrected chi connectivity index (χ0v) is 22.7. The van der Waals surface area contributed by atoms with E-state index < -0.39 is 16.1 Å². The van der Waals surface area contributed by atoms with Crippen LogP contribution in [0, 0.1) is 5.41 Å². The Morgan fingerprint density at radius 3 is 2.54 bits per heavy atom. The van der Waals surface area contributed by atoms with Crippen LogP contribution in [0.4, 0.5) is 0 Å². The predicted octanol–water partition coefficient (Wildman–Crippen LogP) is 2.23. The number of likely N-dealkylation sites (tertiary alicyclic amines) is 1. The number of amides is 1. The lowest BCUT2D eigenvalue weighted by molar-refractivity contribution is -0.138. The fourth-order valence-corrected chi connectivity index (χ4v) is 6.36. The molecule has 0 saturated carbocycles. The lowest BCUT2D eigenvalue weighted by Gasteiger charge is -2.44. The SMILES string of the molecule is COCC(=O)N1CCC2(CC1)COc1cc(-c3ccc(Cl)cc3)ccc1S(=O)(=O)NCC(O)CN(C)C2. The molecule has 1 saturated heterocycles. The number of likely N-dealkylation sites (N-methyl/N-ethyl adjacent to an activating group) is 1. The second-order valence-corrected chi connectivity index (χ2v) is 12.1. The normalized spacial score (nSPS) is 22.4. The molecule has 2 aromatic rings. The van der Waals surface area contributed by atoms with Crippen LogP contribution in [0.1, 0.15) is 12.8 Å². The van der Waals surface area contributed by atoms with Crippen LogP contribution in [0.2, 0.25) is 5.02 Å². The van der Waals surface area contributed by atoms with E-state index in [-0.39, 0.29) is 41.7 Å². The molecular weight excluding hydrogens is 518 g/mol. The minimum Gasteiger partial charge on any atom is -0.492 e. The summed E-state index contributed by atoms with van der Waals surface area (Å²) in [7, 11) is -0.530. The number of aliphatic hydroxyl groups excluding tert-OH is 1. The van der Waals surface area contributed by atoms with Crippen LogP contribution >= 0.6 is 11.6 Å². The summed E-state index contributed by atoms with van der Waals surface area (Å²) >= 11 is 6.04. The first-order valence-electron chi connectivity index (χ1n) is 12.3. The largest absolute Gasteiger partial charge is 0.492 e. The average Bonchev–Trinajstić information content (AvgIpc) is 2.86. The number of rotatable bonds is 3. The number of halogens is 1. The van der Waals surface area contributed by atoms with E-state index in [0.29, 0.717) is 44.0 Å². The number of sulfonamides is 1. The molecule has 0 radical (unpaired) electrons. The van der Waals surface area contributed by atoms with Crippen molar-refractivity contribution < 1.29 is 27.8 Å². The molecule has 2 heterocycles. The highest BCUT2D eigenvalue weighted by Gasteiger charge is 2.39. The van der Waals surface area contributed by atoms with Gasteiger partial charge >= 0.3 is 0 Å². The van der Waals surface area contributed by atoms with Crippen LogP contribution in [0.15, 0.2) is 47.4 Å². The van der Waals surface area contributed by atoms with Gasteiger partial charge in [-0.15, -0.1) is 0 Å². The number of methoxy groups -OCH3 is 1. The summed E-state index contributed by atoms with van der Waals surface area (Å²) in [5, 5.41) is 11.2. The van der Waals surface area contributed by atoms with Crippen molar-refractivity contribution in [3.05, 3.63) is 47.5 Å². The van der Waals surface area contributed by atoms with E-state index in [1.54, 1.807) is 29.2 Å². The summed E-state index contributed by atoms with van der Waals surface area (Å²) in [4.78, 5) is 16.2. The lowest BCUT2D eigenvalue weighted by atomic mass is 9.78. The molecular formula is C26H34ClN3O6S. The Balaban J connectivity index is 1.67. The van der Waals surface area contributed by atoms with Crippen LogP contribution < -0.4 is 9.46 Å². The molecule has 0 aliphatic carbocycles. The Morgan fingerprint density at radius 2 is 1.86 bits per heavy atom. The predicted molar refractivity (Wildman–Crippen MR) is 141 cm³/mol. The van der Waals surface area contributed by atoms with Crippen molar-refractivity contribution in [3.8, 4) is 16.9 Å². The highest BCUT2D eigenvalue weighted by Crippen LogP contribution is 2.37. The second-order valence-electron chi connectivity index (χ2n) is 9.97. The Morgan fingerprint density at radius 1 is 1.19 bits per heavy atom. The summed E-state index contributed by atoms with van der Waals surface area (Å²) in [5.74, 6) is 0.195. The Kier molecular flexibility index (Phi) is 8.77. The van der Waals surface area contributed by atoms with E-state index in [1.807, 2.05) is 24.1 Å². The van der Waals surface area contributed by atoms with E-state index in [4.69, 9.17) is 21.1 Å². The van der Waals surface area contributed by atoms with Gasteiger partial charge in [0, 0.05) is 50.3 Å². The number of ether oxygens (including phenoxy) is 2. The molecule has 1 spiro atoms. The Bertz CT molecular complexity index is 1200. The minimum absolute atomic E-state index is 0.0224. The number of aliphatic hydroxyl groups is 1. The number of carbonyl (C=O) groups excluding carboxylic acids is 1. The van der Waals surface area contributed by atoms with Crippen molar-refractivity contribution in [3.63, 3.8) is 0 Å². The maximum absolute atomic E-state index is 13.2. The van der Waals surface area contributed by atoms with Gasteiger partial charge in [-0.25, -0.2) is 13.1 Å². The zero-order valence-electron chi connectivity index (χ0n) is 21.2. The van der Waals surface area contributed by atoms with E-state index in [9.17, 15) is 18.3 Å². The van der Waals surface area contributed by atoms with Gasteiger partial charge in [0.05, 0.1) is 12.7 Å². The smallest absolute Gasteiger partial charge is 0.248 e. The molecule has 9 nitrogen and oxygen atoms in total. The van der Waals surface area contributed by atoms with E-state index in [0.717, 1.165) is 11.1 Å². The van der Waals surface area contributed by atoms with Gasteiger partial charge in [-0.05, 0) is 55.3 Å². The molecule has 0 aromatic heterocycles. The molecule has 2 aliphatic rings. The van der Waals surface area contributed by atoms with Gasteiger partial charge in [0.15, 0.2) is 0 Å². The number of benzene rings is 2. The molecule has 37 heavy (non-hydrogen) atoms. The molecule has 11 heteroatoms. The monoisotopic (exact) mass is 551 g/mol. The molecule has 1 fully saturated rings. The second kappa shape index (κ2) is 11.7. The third kappa shape index (κ3) is 6.81. The number of nitrogens with one attached hydrogen (secondary N) is 1. The van der Waals surface area contributed by atoms with Gasteiger partial charge in [-0.1, -0.05) is 29.8 Å². The topological polar surface area (TPSA) is 108 Å². The minimum atomic E-state index is -3.94. The summed E-state index contributed by atoms with van der Waals surface area (Å²) in [6.45, 7) is 2.25. The summed E-state index contributed by atoms with van der Waals surface area (Å²) in [6.07, 6.45) is 0.484.